The van der Waals surface area contributed by atoms with Gasteiger partial charge in [0.25, 0.3) is 0 Å². The van der Waals surface area contributed by atoms with Crippen molar-refractivity contribution in [3.8, 4) is 16.9 Å². The van der Waals surface area contributed by atoms with E-state index in [4.69, 9.17) is 4.74 Å². The molecule has 0 bridgehead atoms. The second-order valence-electron chi connectivity index (χ2n) is 3.15. The Kier molecular flexibility index (Phi) is 3.07. The lowest BCUT2D eigenvalue weighted by Gasteiger charge is -2.03. The molecule has 0 atom stereocenters. The van der Waals surface area contributed by atoms with Gasteiger partial charge in [-0.3, -0.25) is 0 Å². The van der Waals surface area contributed by atoms with E-state index in [9.17, 15) is 0 Å². The Morgan fingerprint density at radius 3 is 2.33 bits per heavy atom. The van der Waals surface area contributed by atoms with Gasteiger partial charge in [0.1, 0.15) is 5.75 Å². The zero-order valence-electron chi connectivity index (χ0n) is 8.33. The fraction of sp³-hybridized carbons (Fsp3) is 0.0769. The maximum absolute atomic E-state index is 5.09. The van der Waals surface area contributed by atoms with Gasteiger partial charge in [0.15, 0.2) is 0 Å². The number of ether oxygens (including phenoxy) is 1. The standard InChI is InChI=1S/C13H10BrO/c1-15-13-8-4-11(5-9-13)10-2-6-12(14)7-3-10/h2-4,6-9H,1H3. The van der Waals surface area contributed by atoms with Crippen LogP contribution in [0.2, 0.25) is 0 Å². The van der Waals surface area contributed by atoms with Crippen LogP contribution in [0.4, 0.5) is 0 Å². The summed E-state index contributed by atoms with van der Waals surface area (Å²) in [6.07, 6.45) is 0. The Balaban J connectivity index is 2.33. The molecule has 1 radical (unpaired) electrons. The van der Waals surface area contributed by atoms with Crippen molar-refractivity contribution in [3.05, 3.63) is 53.0 Å². The molecule has 2 aromatic rings. The van der Waals surface area contributed by atoms with Gasteiger partial charge in [-0.1, -0.05) is 34.1 Å². The first-order valence-corrected chi connectivity index (χ1v) is 5.40. The number of benzene rings is 2. The highest BCUT2D eigenvalue weighted by atomic mass is 79.9. The third kappa shape index (κ3) is 2.39. The lowest BCUT2D eigenvalue weighted by molar-refractivity contribution is 0.415. The highest BCUT2D eigenvalue weighted by Crippen LogP contribution is 2.23. The van der Waals surface area contributed by atoms with Gasteiger partial charge in [0.2, 0.25) is 0 Å². The normalized spacial score (nSPS) is 10.0. The average molecular weight is 262 g/mol. The minimum absolute atomic E-state index is 0.830. The van der Waals surface area contributed by atoms with Gasteiger partial charge in [-0.25, -0.2) is 0 Å². The molecular weight excluding hydrogens is 252 g/mol. The van der Waals surface area contributed by atoms with Crippen LogP contribution in [0.15, 0.2) is 46.9 Å². The zero-order chi connectivity index (χ0) is 10.7. The van der Waals surface area contributed by atoms with Crippen LogP contribution in [0, 0.1) is 6.07 Å². The minimum Gasteiger partial charge on any atom is -0.497 e. The molecule has 2 rings (SSSR count). The lowest BCUT2D eigenvalue weighted by Crippen LogP contribution is -1.82. The monoisotopic (exact) mass is 261 g/mol. The fourth-order valence-electron chi connectivity index (χ4n) is 1.35. The third-order valence-electron chi connectivity index (χ3n) is 2.18. The Labute approximate surface area is 97.8 Å². The molecule has 2 heteroatoms. The summed E-state index contributed by atoms with van der Waals surface area (Å²) in [5.74, 6) is 0.830. The number of hydrogen-bond donors (Lipinski definition) is 0. The van der Waals surface area contributed by atoms with Crippen LogP contribution in [0.5, 0.6) is 5.75 Å². The summed E-state index contributed by atoms with van der Waals surface area (Å²) in [6.45, 7) is 0. The van der Waals surface area contributed by atoms with Crippen molar-refractivity contribution in [1.82, 2.24) is 0 Å². The summed E-state index contributed by atoms with van der Waals surface area (Å²) in [6, 6.07) is 17.1. The molecule has 0 aromatic heterocycles. The molecule has 0 heterocycles. The minimum atomic E-state index is 0.830. The van der Waals surface area contributed by atoms with E-state index in [-0.39, 0.29) is 0 Å². The fourth-order valence-corrected chi connectivity index (χ4v) is 1.61. The van der Waals surface area contributed by atoms with Gasteiger partial charge in [-0.15, -0.1) is 0 Å². The molecule has 0 spiro atoms. The van der Waals surface area contributed by atoms with E-state index in [0.717, 1.165) is 21.3 Å². The molecule has 0 unspecified atom stereocenters. The molecule has 2 aromatic carbocycles. The molecule has 1 nitrogen and oxygen atoms in total. The van der Waals surface area contributed by atoms with E-state index in [1.807, 2.05) is 30.3 Å². The van der Waals surface area contributed by atoms with Gasteiger partial charge >= 0.3 is 0 Å². The SMILES string of the molecule is COc1c[c]c(-c2ccc(Br)cc2)cc1. The van der Waals surface area contributed by atoms with E-state index in [0.29, 0.717) is 0 Å². The molecule has 0 saturated heterocycles. The molecule has 0 aliphatic carbocycles. The van der Waals surface area contributed by atoms with Crippen molar-refractivity contribution in [2.45, 2.75) is 0 Å². The van der Waals surface area contributed by atoms with Gasteiger partial charge in [-0.2, -0.15) is 0 Å². The number of rotatable bonds is 2. The van der Waals surface area contributed by atoms with Gasteiger partial charge in [-0.05, 0) is 41.5 Å². The maximum Gasteiger partial charge on any atom is 0.119 e. The Morgan fingerprint density at radius 1 is 1.07 bits per heavy atom. The number of methoxy groups -OCH3 is 1. The molecule has 15 heavy (non-hydrogen) atoms. The summed E-state index contributed by atoms with van der Waals surface area (Å²) >= 11 is 3.41. The predicted molar refractivity (Wildman–Crippen MR) is 65.0 cm³/mol. The van der Waals surface area contributed by atoms with Crippen LogP contribution < -0.4 is 4.74 Å². The third-order valence-corrected chi connectivity index (χ3v) is 2.70. The highest BCUT2D eigenvalue weighted by molar-refractivity contribution is 9.10. The van der Waals surface area contributed by atoms with E-state index < -0.39 is 0 Å². The number of hydrogen-bond acceptors (Lipinski definition) is 1. The molecule has 0 N–H and O–H groups in total. The summed E-state index contributed by atoms with van der Waals surface area (Å²) in [5.41, 5.74) is 2.23. The lowest BCUT2D eigenvalue weighted by atomic mass is 10.1. The highest BCUT2D eigenvalue weighted by Gasteiger charge is 1.98. The molecule has 0 aliphatic rings. The van der Waals surface area contributed by atoms with E-state index in [2.05, 4.69) is 34.1 Å². The Morgan fingerprint density at radius 2 is 1.80 bits per heavy atom. The molecule has 0 saturated carbocycles. The van der Waals surface area contributed by atoms with Crippen molar-refractivity contribution < 1.29 is 4.74 Å². The van der Waals surface area contributed by atoms with Crippen LogP contribution in [0.1, 0.15) is 0 Å². The van der Waals surface area contributed by atoms with Crippen molar-refractivity contribution in [1.29, 1.82) is 0 Å². The van der Waals surface area contributed by atoms with E-state index >= 15 is 0 Å². The van der Waals surface area contributed by atoms with Crippen molar-refractivity contribution in [2.75, 3.05) is 7.11 Å². The quantitative estimate of drug-likeness (QED) is 0.796. The average Bonchev–Trinajstić information content (AvgIpc) is 2.30. The van der Waals surface area contributed by atoms with Crippen molar-refractivity contribution in [3.63, 3.8) is 0 Å². The molecule has 0 amide bonds. The zero-order valence-corrected chi connectivity index (χ0v) is 9.91. The molecule has 0 fully saturated rings. The Bertz CT molecular complexity index is 431. The van der Waals surface area contributed by atoms with Gasteiger partial charge < -0.3 is 4.74 Å². The van der Waals surface area contributed by atoms with Gasteiger partial charge in [0, 0.05) is 4.47 Å². The summed E-state index contributed by atoms with van der Waals surface area (Å²) in [4.78, 5) is 0. The molecule has 0 aliphatic heterocycles. The maximum atomic E-state index is 5.09. The first-order valence-electron chi connectivity index (χ1n) is 4.61. The van der Waals surface area contributed by atoms with Crippen LogP contribution in [0.25, 0.3) is 11.1 Å². The van der Waals surface area contributed by atoms with E-state index in [1.165, 1.54) is 0 Å². The smallest absolute Gasteiger partial charge is 0.119 e. The van der Waals surface area contributed by atoms with Crippen molar-refractivity contribution >= 4 is 15.9 Å². The number of halogens is 1. The molecule has 75 valence electrons. The molecular formula is C13H10BrO. The predicted octanol–water partition coefficient (Wildman–Crippen LogP) is 3.92. The Hall–Kier alpha value is -1.28. The van der Waals surface area contributed by atoms with Crippen molar-refractivity contribution in [2.24, 2.45) is 0 Å². The van der Waals surface area contributed by atoms with E-state index in [1.54, 1.807) is 7.11 Å². The van der Waals surface area contributed by atoms with Crippen LogP contribution in [-0.4, -0.2) is 7.11 Å². The van der Waals surface area contributed by atoms with Crippen LogP contribution in [0.3, 0.4) is 0 Å². The topological polar surface area (TPSA) is 9.23 Å². The van der Waals surface area contributed by atoms with Crippen LogP contribution >= 0.6 is 15.9 Å². The van der Waals surface area contributed by atoms with Gasteiger partial charge in [0.05, 0.1) is 7.11 Å². The summed E-state index contributed by atoms with van der Waals surface area (Å²) in [5, 5.41) is 0. The largest absolute Gasteiger partial charge is 0.497 e. The summed E-state index contributed by atoms with van der Waals surface area (Å²) < 4.78 is 6.17. The first-order chi connectivity index (χ1) is 7.29. The summed E-state index contributed by atoms with van der Waals surface area (Å²) in [7, 11) is 1.66. The van der Waals surface area contributed by atoms with Crippen LogP contribution in [-0.2, 0) is 0 Å². The second kappa shape index (κ2) is 4.49. The first kappa shape index (κ1) is 10.2. The second-order valence-corrected chi connectivity index (χ2v) is 4.06.